The van der Waals surface area contributed by atoms with Crippen LogP contribution in [-0.4, -0.2) is 91.0 Å². The Kier molecular flexibility index (Phi) is 13.6. The van der Waals surface area contributed by atoms with E-state index >= 15 is 0 Å². The van der Waals surface area contributed by atoms with Crippen molar-refractivity contribution in [1.29, 1.82) is 5.41 Å². The molecule has 5 rings (SSSR count). The molecule has 0 saturated heterocycles. The summed E-state index contributed by atoms with van der Waals surface area (Å²) in [5, 5.41) is 18.1. The third kappa shape index (κ3) is 10.9. The Morgan fingerprint density at radius 3 is 2.19 bits per heavy atom. The summed E-state index contributed by atoms with van der Waals surface area (Å²) in [6.45, 7) is 1.74. The smallest absolute Gasteiger partial charge is 0.266 e. The summed E-state index contributed by atoms with van der Waals surface area (Å²) in [6, 6.07) is 13.0. The number of nitrogens with two attached hydrogens (primary N) is 1. The molecule has 0 saturated carbocycles. The van der Waals surface area contributed by atoms with Crippen LogP contribution in [0.3, 0.4) is 0 Å². The minimum atomic E-state index is -1.13. The Morgan fingerprint density at radius 1 is 0.849 bits per heavy atom. The lowest BCUT2D eigenvalue weighted by atomic mass is 10.0. The van der Waals surface area contributed by atoms with Crippen LogP contribution in [0.15, 0.2) is 78.4 Å². The highest BCUT2D eigenvalue weighted by Gasteiger charge is 2.28. The SMILES string of the molecule is CC(=NC(=O)CCSSCCNC(=O)C(=N)Cc1c[nH]c2ccccc12)C(=O)N[C@@H](Cc1c[nH]c2ccccc12)C(=O)N[C@@H](Cc1cnc[nH]1)C(N)=O. The van der Waals surface area contributed by atoms with Crippen LogP contribution in [0.4, 0.5) is 0 Å². The predicted octanol–water partition coefficient (Wildman–Crippen LogP) is 2.75. The van der Waals surface area contributed by atoms with Gasteiger partial charge in [0.1, 0.15) is 23.5 Å². The number of aliphatic imine (C=N–C) groups is 1. The highest BCUT2D eigenvalue weighted by Crippen LogP contribution is 2.22. The predicted molar refractivity (Wildman–Crippen MR) is 208 cm³/mol. The van der Waals surface area contributed by atoms with Gasteiger partial charge in [-0.3, -0.25) is 29.4 Å². The molecule has 0 aliphatic heterocycles. The Balaban J connectivity index is 1.07. The van der Waals surface area contributed by atoms with E-state index in [1.54, 1.807) is 6.20 Å². The summed E-state index contributed by atoms with van der Waals surface area (Å²) in [4.78, 5) is 81.0. The van der Waals surface area contributed by atoms with E-state index in [4.69, 9.17) is 11.1 Å². The summed E-state index contributed by atoms with van der Waals surface area (Å²) in [5.41, 5.74) is 9.47. The van der Waals surface area contributed by atoms with Gasteiger partial charge in [0.2, 0.25) is 17.7 Å². The number of primary amides is 1. The number of hydrogen-bond donors (Lipinski definition) is 8. The van der Waals surface area contributed by atoms with Crippen molar-refractivity contribution in [1.82, 2.24) is 35.9 Å². The molecule has 0 aliphatic carbocycles. The molecule has 0 radical (unpaired) electrons. The standard InChI is InChI=1S/C36H40N10O5S2/c1-21(44-32(47)10-12-52-53-13-11-40-35(50)27(37)14-22-17-41-28-8-4-2-6-25(22)28)34(49)46-31(15-23-18-42-29-9-5-3-7-26(23)29)36(51)45-30(33(38)48)16-24-19-39-20-43-24/h2-9,17-20,30-31,37,41-42H,10-16H2,1H3,(H2,38,48)(H,39,43)(H,40,50)(H,45,51)(H,46,49)/t30-,31-/m0/s1. The van der Waals surface area contributed by atoms with Crippen LogP contribution in [0.1, 0.15) is 30.2 Å². The first-order valence-electron chi connectivity index (χ1n) is 16.7. The number of benzene rings is 2. The minimum Gasteiger partial charge on any atom is -0.368 e. The quantitative estimate of drug-likeness (QED) is 0.0353. The normalized spacial score (nSPS) is 12.7. The van der Waals surface area contributed by atoms with E-state index in [0.717, 1.165) is 32.9 Å². The van der Waals surface area contributed by atoms with Crippen molar-refractivity contribution in [3.05, 3.63) is 90.3 Å². The molecule has 2 aromatic carbocycles. The molecule has 9 N–H and O–H groups in total. The second kappa shape index (κ2) is 18.7. The van der Waals surface area contributed by atoms with Gasteiger partial charge in [0.25, 0.3) is 11.8 Å². The maximum Gasteiger partial charge on any atom is 0.266 e. The second-order valence-corrected chi connectivity index (χ2v) is 14.8. The summed E-state index contributed by atoms with van der Waals surface area (Å²) < 4.78 is 0. The number of imidazole rings is 1. The average Bonchev–Trinajstić information content (AvgIpc) is 3.91. The number of carbonyl (C=O) groups excluding carboxylic acids is 5. The average molecular weight is 757 g/mol. The van der Waals surface area contributed by atoms with Gasteiger partial charge in [-0.2, -0.15) is 0 Å². The number of rotatable bonds is 19. The number of aromatic nitrogens is 4. The molecule has 3 aromatic heterocycles. The maximum atomic E-state index is 13.5. The number of carbonyl (C=O) groups is 5. The molecule has 53 heavy (non-hydrogen) atoms. The monoisotopic (exact) mass is 756 g/mol. The first-order chi connectivity index (χ1) is 25.6. The number of nitrogens with one attached hydrogen (secondary N) is 7. The first-order valence-corrected chi connectivity index (χ1v) is 19.2. The Hall–Kier alpha value is -5.68. The molecule has 3 heterocycles. The minimum absolute atomic E-state index is 0.0275. The zero-order valence-electron chi connectivity index (χ0n) is 28.9. The molecule has 0 fully saturated rings. The molecule has 0 aliphatic rings. The van der Waals surface area contributed by atoms with Gasteiger partial charge in [-0.05, 0) is 30.2 Å². The lowest BCUT2D eigenvalue weighted by molar-refractivity contribution is -0.130. The number of para-hydroxylation sites is 2. The summed E-state index contributed by atoms with van der Waals surface area (Å²) >= 11 is 0. The zero-order valence-corrected chi connectivity index (χ0v) is 30.5. The number of nitrogens with zero attached hydrogens (tertiary/aromatic N) is 2. The summed E-state index contributed by atoms with van der Waals surface area (Å²) in [5.74, 6) is -2.06. The van der Waals surface area contributed by atoms with E-state index < -0.39 is 41.6 Å². The largest absolute Gasteiger partial charge is 0.368 e. The molecule has 276 valence electrons. The Morgan fingerprint density at radius 2 is 1.51 bits per heavy atom. The Bertz CT molecular complexity index is 2120. The molecule has 15 nitrogen and oxygen atoms in total. The number of amides is 5. The van der Waals surface area contributed by atoms with E-state index in [1.807, 2.05) is 54.7 Å². The van der Waals surface area contributed by atoms with Crippen molar-refractivity contribution < 1.29 is 24.0 Å². The first kappa shape index (κ1) is 38.5. The van der Waals surface area contributed by atoms with Gasteiger partial charge >= 0.3 is 0 Å². The fourth-order valence-electron chi connectivity index (χ4n) is 5.51. The Labute approximate surface area is 312 Å². The van der Waals surface area contributed by atoms with Gasteiger partial charge in [-0.15, -0.1) is 0 Å². The molecule has 2 atom stereocenters. The van der Waals surface area contributed by atoms with Gasteiger partial charge in [-0.1, -0.05) is 58.0 Å². The third-order valence-electron chi connectivity index (χ3n) is 8.25. The molecular formula is C36H40N10O5S2. The van der Waals surface area contributed by atoms with E-state index in [1.165, 1.54) is 41.0 Å². The third-order valence-corrected chi connectivity index (χ3v) is 10.7. The van der Waals surface area contributed by atoms with Crippen LogP contribution < -0.4 is 21.7 Å². The second-order valence-electron chi connectivity index (χ2n) is 12.1. The fraction of sp³-hybridized carbons (Fsp3) is 0.278. The van der Waals surface area contributed by atoms with Crippen LogP contribution in [0.25, 0.3) is 21.8 Å². The highest BCUT2D eigenvalue weighted by molar-refractivity contribution is 8.76. The molecule has 0 spiro atoms. The number of fused-ring (bicyclic) bond motifs is 2. The van der Waals surface area contributed by atoms with Crippen LogP contribution in [-0.2, 0) is 43.2 Å². The van der Waals surface area contributed by atoms with Gasteiger partial charge in [0.05, 0.1) is 6.33 Å². The van der Waals surface area contributed by atoms with Crippen molar-refractivity contribution >= 4 is 84.4 Å². The van der Waals surface area contributed by atoms with E-state index in [2.05, 4.69) is 40.9 Å². The topological polar surface area (TPSA) is 244 Å². The number of aromatic amines is 3. The molecule has 5 aromatic rings. The van der Waals surface area contributed by atoms with Gasteiger partial charge in [0, 0.05) is 89.8 Å². The fourth-order valence-corrected chi connectivity index (χ4v) is 7.39. The molecule has 0 unspecified atom stereocenters. The summed E-state index contributed by atoms with van der Waals surface area (Å²) in [6.07, 6.45) is 6.97. The van der Waals surface area contributed by atoms with Crippen molar-refractivity contribution in [3.8, 4) is 0 Å². The van der Waals surface area contributed by atoms with E-state index in [0.29, 0.717) is 23.7 Å². The van der Waals surface area contributed by atoms with Gasteiger partial charge in [-0.25, -0.2) is 9.98 Å². The number of hydrogen-bond acceptors (Lipinski definition) is 9. The van der Waals surface area contributed by atoms with Crippen LogP contribution in [0, 0.1) is 5.41 Å². The van der Waals surface area contributed by atoms with Crippen LogP contribution >= 0.6 is 21.6 Å². The summed E-state index contributed by atoms with van der Waals surface area (Å²) in [7, 11) is 2.89. The lowest BCUT2D eigenvalue weighted by Gasteiger charge is -2.22. The molecule has 17 heteroatoms. The zero-order chi connectivity index (χ0) is 37.7. The van der Waals surface area contributed by atoms with Crippen molar-refractivity contribution in [2.45, 2.75) is 44.7 Å². The van der Waals surface area contributed by atoms with E-state index in [-0.39, 0.29) is 37.1 Å². The van der Waals surface area contributed by atoms with Crippen LogP contribution in [0.2, 0.25) is 0 Å². The van der Waals surface area contributed by atoms with E-state index in [9.17, 15) is 24.0 Å². The molecular weight excluding hydrogens is 717 g/mol. The van der Waals surface area contributed by atoms with Gasteiger partial charge < -0.3 is 36.6 Å². The number of H-pyrrole nitrogens is 3. The van der Waals surface area contributed by atoms with Crippen LogP contribution in [0.5, 0.6) is 0 Å². The van der Waals surface area contributed by atoms with Crippen molar-refractivity contribution in [3.63, 3.8) is 0 Å². The molecule has 0 bridgehead atoms. The van der Waals surface area contributed by atoms with Crippen molar-refractivity contribution in [2.75, 3.05) is 18.1 Å². The lowest BCUT2D eigenvalue weighted by Crippen LogP contribution is -2.55. The van der Waals surface area contributed by atoms with Crippen molar-refractivity contribution in [2.24, 2.45) is 10.7 Å². The molecule has 5 amide bonds. The van der Waals surface area contributed by atoms with Gasteiger partial charge in [0.15, 0.2) is 0 Å². The maximum absolute atomic E-state index is 13.5. The highest BCUT2D eigenvalue weighted by atomic mass is 33.1.